The third-order valence-electron chi connectivity index (χ3n) is 5.87. The first-order valence-corrected chi connectivity index (χ1v) is 13.5. The van der Waals surface area contributed by atoms with Crippen molar-refractivity contribution in [2.24, 2.45) is 0 Å². The van der Waals surface area contributed by atoms with Crippen LogP contribution in [0.2, 0.25) is 4.34 Å². The van der Waals surface area contributed by atoms with Crippen molar-refractivity contribution in [1.82, 2.24) is 19.5 Å². The Hall–Kier alpha value is -2.27. The lowest BCUT2D eigenvalue weighted by atomic mass is 10.0. The Morgan fingerprint density at radius 3 is 2.85 bits per heavy atom. The zero-order chi connectivity index (χ0) is 23.4. The summed E-state index contributed by atoms with van der Waals surface area (Å²) in [7, 11) is -3.82. The first-order valence-electron chi connectivity index (χ1n) is 10.7. The van der Waals surface area contributed by atoms with Crippen molar-refractivity contribution < 1.29 is 18.0 Å². The lowest BCUT2D eigenvalue weighted by Gasteiger charge is -2.32. The lowest BCUT2D eigenvalue weighted by Crippen LogP contribution is -2.54. The number of nitrogens with one attached hydrogen (secondary N) is 1. The fourth-order valence-electron chi connectivity index (χ4n) is 4.16. The Labute approximate surface area is 202 Å². The first kappa shape index (κ1) is 23.9. The van der Waals surface area contributed by atoms with Crippen molar-refractivity contribution in [3.05, 3.63) is 56.8 Å². The molecular weight excluding hydrogens is 484 g/mol. The molecule has 0 aliphatic carbocycles. The number of amides is 2. The minimum absolute atomic E-state index is 0.0413. The average molecular weight is 509 g/mol. The molecule has 2 amide bonds. The standard InChI is InChI=1S/C22H25ClN4O4S2/c23-20-6-5-18(32-20)8-12-33(30,31)25-19-4-2-10-27(22(19)29)15-21(28)26-11-7-17(14-26)16-3-1-9-24-13-16/h1,3,5-6,8-9,12-13,17,19,25H,2,4,7,10-11,14-15H2/b12-8+/t17?,19-/m0/s1. The average Bonchev–Trinajstić information content (AvgIpc) is 3.45. The fraction of sp³-hybridized carbons (Fsp3) is 0.409. The van der Waals surface area contributed by atoms with Gasteiger partial charge in [0.1, 0.15) is 6.04 Å². The maximum Gasteiger partial charge on any atom is 0.242 e. The van der Waals surface area contributed by atoms with Crippen LogP contribution in [0.15, 0.2) is 42.1 Å². The number of aromatic nitrogens is 1. The molecule has 0 radical (unpaired) electrons. The summed E-state index contributed by atoms with van der Waals surface area (Å²) in [6.07, 6.45) is 6.87. The van der Waals surface area contributed by atoms with Gasteiger partial charge < -0.3 is 9.80 Å². The summed E-state index contributed by atoms with van der Waals surface area (Å²) in [5.74, 6) is -0.245. The van der Waals surface area contributed by atoms with Gasteiger partial charge in [-0.25, -0.2) is 8.42 Å². The molecule has 2 fully saturated rings. The van der Waals surface area contributed by atoms with Crippen LogP contribution in [0.4, 0.5) is 0 Å². The third kappa shape index (κ3) is 6.20. The van der Waals surface area contributed by atoms with Crippen LogP contribution in [-0.2, 0) is 19.6 Å². The van der Waals surface area contributed by atoms with Gasteiger partial charge in [0.15, 0.2) is 0 Å². The van der Waals surface area contributed by atoms with E-state index in [4.69, 9.17) is 11.6 Å². The number of sulfonamides is 1. The van der Waals surface area contributed by atoms with Gasteiger partial charge >= 0.3 is 0 Å². The highest BCUT2D eigenvalue weighted by molar-refractivity contribution is 7.92. The number of carbonyl (C=O) groups is 2. The van der Waals surface area contributed by atoms with E-state index >= 15 is 0 Å². The van der Waals surface area contributed by atoms with E-state index in [0.29, 0.717) is 41.7 Å². The van der Waals surface area contributed by atoms with Gasteiger partial charge in [-0.1, -0.05) is 17.7 Å². The normalized spacial score (nSPS) is 21.8. The molecule has 33 heavy (non-hydrogen) atoms. The summed E-state index contributed by atoms with van der Waals surface area (Å²) < 4.78 is 27.9. The zero-order valence-electron chi connectivity index (χ0n) is 17.9. The second-order valence-corrected chi connectivity index (χ2v) is 11.5. The van der Waals surface area contributed by atoms with Crippen LogP contribution in [0.25, 0.3) is 6.08 Å². The molecule has 1 N–H and O–H groups in total. The minimum atomic E-state index is -3.82. The molecule has 4 heterocycles. The Morgan fingerprint density at radius 2 is 2.12 bits per heavy atom. The molecule has 176 valence electrons. The van der Waals surface area contributed by atoms with E-state index in [1.165, 1.54) is 22.3 Å². The van der Waals surface area contributed by atoms with Crippen LogP contribution in [0.1, 0.15) is 35.6 Å². The molecule has 0 bridgehead atoms. The molecule has 2 aromatic rings. The third-order valence-corrected chi connectivity index (χ3v) is 8.17. The predicted octanol–water partition coefficient (Wildman–Crippen LogP) is 2.69. The van der Waals surface area contributed by atoms with Crippen molar-refractivity contribution in [2.75, 3.05) is 26.2 Å². The number of piperidine rings is 1. The number of carbonyl (C=O) groups excluding carboxylic acids is 2. The van der Waals surface area contributed by atoms with Gasteiger partial charge in [-0.3, -0.25) is 14.6 Å². The van der Waals surface area contributed by atoms with Crippen LogP contribution >= 0.6 is 22.9 Å². The number of thiophene rings is 1. The van der Waals surface area contributed by atoms with Crippen molar-refractivity contribution in [3.63, 3.8) is 0 Å². The molecular formula is C22H25ClN4O4S2. The Bertz CT molecular complexity index is 1140. The highest BCUT2D eigenvalue weighted by Crippen LogP contribution is 2.27. The topological polar surface area (TPSA) is 99.7 Å². The van der Waals surface area contributed by atoms with Gasteiger partial charge in [0.25, 0.3) is 0 Å². The van der Waals surface area contributed by atoms with Gasteiger partial charge in [-0.2, -0.15) is 4.72 Å². The van der Waals surface area contributed by atoms with Crippen LogP contribution < -0.4 is 4.72 Å². The van der Waals surface area contributed by atoms with Crippen molar-refractivity contribution in [2.45, 2.75) is 31.2 Å². The smallest absolute Gasteiger partial charge is 0.242 e. The molecule has 4 rings (SSSR count). The van der Waals surface area contributed by atoms with Gasteiger partial charge in [0, 0.05) is 48.2 Å². The second kappa shape index (κ2) is 10.3. The monoisotopic (exact) mass is 508 g/mol. The summed E-state index contributed by atoms with van der Waals surface area (Å²) >= 11 is 7.12. The molecule has 2 aliphatic rings. The molecule has 0 aromatic carbocycles. The Balaban J connectivity index is 1.32. The molecule has 0 saturated carbocycles. The van der Waals surface area contributed by atoms with Crippen LogP contribution in [0.3, 0.4) is 0 Å². The highest BCUT2D eigenvalue weighted by Gasteiger charge is 2.34. The van der Waals surface area contributed by atoms with Crippen LogP contribution in [-0.4, -0.2) is 67.2 Å². The number of likely N-dealkylation sites (tertiary alicyclic amines) is 2. The number of halogens is 1. The number of pyridine rings is 1. The molecule has 1 unspecified atom stereocenters. The molecule has 2 saturated heterocycles. The van der Waals surface area contributed by atoms with Crippen LogP contribution in [0, 0.1) is 0 Å². The summed E-state index contributed by atoms with van der Waals surface area (Å²) in [5.41, 5.74) is 1.11. The second-order valence-electron chi connectivity index (χ2n) is 8.17. The summed E-state index contributed by atoms with van der Waals surface area (Å²) in [6, 6.07) is 6.42. The van der Waals surface area contributed by atoms with E-state index in [-0.39, 0.29) is 24.3 Å². The number of hydrogen-bond donors (Lipinski definition) is 1. The van der Waals surface area contributed by atoms with Crippen LogP contribution in [0.5, 0.6) is 0 Å². The van der Waals surface area contributed by atoms with Gasteiger partial charge in [-0.15, -0.1) is 11.3 Å². The van der Waals surface area contributed by atoms with E-state index in [9.17, 15) is 18.0 Å². The fourth-order valence-corrected chi connectivity index (χ4v) is 6.23. The minimum Gasteiger partial charge on any atom is -0.341 e. The molecule has 2 aliphatic heterocycles. The molecule has 8 nitrogen and oxygen atoms in total. The van der Waals surface area contributed by atoms with E-state index in [0.717, 1.165) is 17.4 Å². The SMILES string of the molecule is O=C(CN1CCC[C@H](NS(=O)(=O)/C=C/c2ccc(Cl)s2)C1=O)N1CCC(c2cccnc2)C1. The highest BCUT2D eigenvalue weighted by atomic mass is 35.5. The Morgan fingerprint density at radius 1 is 1.27 bits per heavy atom. The first-order chi connectivity index (χ1) is 15.8. The molecule has 0 spiro atoms. The van der Waals surface area contributed by atoms with E-state index < -0.39 is 16.1 Å². The zero-order valence-corrected chi connectivity index (χ0v) is 20.3. The maximum atomic E-state index is 12.9. The van der Waals surface area contributed by atoms with E-state index in [2.05, 4.69) is 9.71 Å². The number of hydrogen-bond acceptors (Lipinski definition) is 6. The Kier molecular flexibility index (Phi) is 7.48. The molecule has 2 aromatic heterocycles. The number of rotatable bonds is 7. The van der Waals surface area contributed by atoms with Gasteiger partial charge in [0.2, 0.25) is 21.8 Å². The van der Waals surface area contributed by atoms with E-state index in [1.807, 2.05) is 18.3 Å². The van der Waals surface area contributed by atoms with E-state index in [1.54, 1.807) is 23.2 Å². The van der Waals surface area contributed by atoms with Gasteiger partial charge in [0.05, 0.1) is 10.9 Å². The lowest BCUT2D eigenvalue weighted by molar-refractivity contribution is -0.142. The maximum absolute atomic E-state index is 12.9. The molecule has 2 atom stereocenters. The van der Waals surface area contributed by atoms with Gasteiger partial charge in [-0.05, 0) is 49.1 Å². The summed E-state index contributed by atoms with van der Waals surface area (Å²) in [6.45, 7) is 1.63. The number of nitrogens with zero attached hydrogens (tertiary/aromatic N) is 3. The van der Waals surface area contributed by atoms with Crippen molar-refractivity contribution in [1.29, 1.82) is 0 Å². The van der Waals surface area contributed by atoms with Crippen molar-refractivity contribution in [3.8, 4) is 0 Å². The largest absolute Gasteiger partial charge is 0.341 e. The quantitative estimate of drug-likeness (QED) is 0.620. The predicted molar refractivity (Wildman–Crippen MR) is 128 cm³/mol. The molecule has 11 heteroatoms. The van der Waals surface area contributed by atoms with Crippen molar-refractivity contribution >= 4 is 50.9 Å². The summed E-state index contributed by atoms with van der Waals surface area (Å²) in [4.78, 5) is 33.8. The summed E-state index contributed by atoms with van der Waals surface area (Å²) in [5, 5.41) is 1.04.